The van der Waals surface area contributed by atoms with Crippen molar-refractivity contribution >= 4 is 5.91 Å². The highest BCUT2D eigenvalue weighted by Crippen LogP contribution is 2.30. The molecular weight excluding hydrogens is 256 g/mol. The first kappa shape index (κ1) is 14.7. The topological polar surface area (TPSA) is 73.6 Å². The molecule has 1 heterocycles. The summed E-state index contributed by atoms with van der Waals surface area (Å²) in [5, 5.41) is 2.87. The van der Waals surface area contributed by atoms with E-state index < -0.39 is 6.10 Å². The van der Waals surface area contributed by atoms with Gasteiger partial charge in [-0.15, -0.1) is 0 Å². The van der Waals surface area contributed by atoms with Crippen molar-refractivity contribution in [2.45, 2.75) is 38.3 Å². The minimum atomic E-state index is -0.456. The number of carbonyl (C=O) groups is 1. The van der Waals surface area contributed by atoms with Gasteiger partial charge in [0.1, 0.15) is 11.5 Å². The predicted molar refractivity (Wildman–Crippen MR) is 76.9 cm³/mol. The average molecular weight is 278 g/mol. The molecule has 0 bridgehead atoms. The maximum absolute atomic E-state index is 12.0. The number of nitrogens with two attached hydrogens (primary N) is 1. The number of rotatable bonds is 4. The van der Waals surface area contributed by atoms with Crippen LogP contribution in [0.5, 0.6) is 11.5 Å². The first-order chi connectivity index (χ1) is 9.61. The lowest BCUT2D eigenvalue weighted by molar-refractivity contribution is -0.127. The third-order valence-corrected chi connectivity index (χ3v) is 3.47. The molecule has 2 atom stereocenters. The first-order valence-electron chi connectivity index (χ1n) is 6.99. The first-order valence-corrected chi connectivity index (χ1v) is 6.99. The fraction of sp³-hybridized carbons (Fsp3) is 0.533. The molecule has 1 aliphatic heterocycles. The molecule has 1 saturated heterocycles. The number of nitrogens with one attached hydrogen (secondary N) is 1. The van der Waals surface area contributed by atoms with Crippen LogP contribution >= 0.6 is 0 Å². The number of hydrogen-bond donors (Lipinski definition) is 2. The van der Waals surface area contributed by atoms with Gasteiger partial charge in [-0.2, -0.15) is 0 Å². The van der Waals surface area contributed by atoms with Crippen LogP contribution in [0.4, 0.5) is 0 Å². The van der Waals surface area contributed by atoms with Gasteiger partial charge in [0, 0.05) is 24.2 Å². The second-order valence-corrected chi connectivity index (χ2v) is 5.09. The summed E-state index contributed by atoms with van der Waals surface area (Å²) < 4.78 is 11.1. The summed E-state index contributed by atoms with van der Waals surface area (Å²) in [5.41, 5.74) is 6.83. The third-order valence-electron chi connectivity index (χ3n) is 3.47. The lowest BCUT2D eigenvalue weighted by atomic mass is 10.1. The number of ether oxygens (including phenoxy) is 2. The van der Waals surface area contributed by atoms with Crippen LogP contribution in [-0.4, -0.2) is 25.7 Å². The number of hydrogen-bond acceptors (Lipinski definition) is 4. The van der Waals surface area contributed by atoms with E-state index in [0.717, 1.165) is 31.4 Å². The molecule has 1 unspecified atom stereocenters. The van der Waals surface area contributed by atoms with Gasteiger partial charge in [-0.1, -0.05) is 6.07 Å². The maximum atomic E-state index is 12.0. The molecule has 0 spiro atoms. The molecule has 20 heavy (non-hydrogen) atoms. The van der Waals surface area contributed by atoms with E-state index in [2.05, 4.69) is 5.32 Å². The van der Waals surface area contributed by atoms with E-state index in [0.29, 0.717) is 11.5 Å². The van der Waals surface area contributed by atoms with Crippen molar-refractivity contribution in [3.05, 3.63) is 23.8 Å². The summed E-state index contributed by atoms with van der Waals surface area (Å²) in [6, 6.07) is 5.35. The second kappa shape index (κ2) is 6.61. The maximum Gasteiger partial charge on any atom is 0.261 e. The molecular formula is C15H22N2O3. The van der Waals surface area contributed by atoms with E-state index in [1.165, 1.54) is 0 Å². The summed E-state index contributed by atoms with van der Waals surface area (Å²) in [6.45, 7) is 2.61. The molecule has 5 heteroatoms. The van der Waals surface area contributed by atoms with Crippen LogP contribution in [-0.2, 0) is 4.79 Å². The van der Waals surface area contributed by atoms with Crippen LogP contribution in [0.25, 0.3) is 0 Å². The minimum absolute atomic E-state index is 0.0547. The van der Waals surface area contributed by atoms with Crippen molar-refractivity contribution in [3.8, 4) is 11.5 Å². The van der Waals surface area contributed by atoms with E-state index in [9.17, 15) is 4.79 Å². The van der Waals surface area contributed by atoms with Crippen LogP contribution in [0, 0.1) is 0 Å². The lowest BCUT2D eigenvalue weighted by Crippen LogP contribution is -2.36. The van der Waals surface area contributed by atoms with Gasteiger partial charge < -0.3 is 20.5 Å². The van der Waals surface area contributed by atoms with Gasteiger partial charge in [0.25, 0.3) is 5.91 Å². The monoisotopic (exact) mass is 278 g/mol. The normalized spacial score (nSPS) is 20.8. The Morgan fingerprint density at radius 3 is 2.90 bits per heavy atom. The molecule has 110 valence electrons. The minimum Gasteiger partial charge on any atom is -0.497 e. The quantitative estimate of drug-likeness (QED) is 0.880. The van der Waals surface area contributed by atoms with Crippen molar-refractivity contribution in [2.75, 3.05) is 13.7 Å². The molecule has 1 aromatic carbocycles. The second-order valence-electron chi connectivity index (χ2n) is 5.09. The van der Waals surface area contributed by atoms with Gasteiger partial charge in [-0.05, 0) is 32.3 Å². The molecule has 5 nitrogen and oxygen atoms in total. The Balaban J connectivity index is 2.23. The molecule has 0 saturated carbocycles. The Hall–Kier alpha value is -1.75. The molecule has 3 N–H and O–H groups in total. The molecule has 1 amide bonds. The third kappa shape index (κ3) is 3.42. The molecule has 1 aromatic rings. The van der Waals surface area contributed by atoms with E-state index in [1.54, 1.807) is 13.2 Å². The van der Waals surface area contributed by atoms with Crippen LogP contribution in [0.2, 0.25) is 0 Å². The highest BCUT2D eigenvalue weighted by molar-refractivity contribution is 5.81. The molecule has 1 fully saturated rings. The molecule has 0 radical (unpaired) electrons. The van der Waals surface area contributed by atoms with E-state index >= 15 is 0 Å². The molecule has 2 rings (SSSR count). The Bertz CT molecular complexity index is 474. The summed E-state index contributed by atoms with van der Waals surface area (Å²) in [5.74, 6) is 1.26. The highest BCUT2D eigenvalue weighted by Gasteiger charge is 2.24. The smallest absolute Gasteiger partial charge is 0.261 e. The Labute approximate surface area is 119 Å². The largest absolute Gasteiger partial charge is 0.497 e. The van der Waals surface area contributed by atoms with Gasteiger partial charge in [0.15, 0.2) is 6.10 Å². The zero-order valence-electron chi connectivity index (χ0n) is 12.0. The van der Waals surface area contributed by atoms with E-state index in [-0.39, 0.29) is 11.9 Å². The van der Waals surface area contributed by atoms with Gasteiger partial charge in [-0.3, -0.25) is 4.79 Å². The van der Waals surface area contributed by atoms with Crippen molar-refractivity contribution in [3.63, 3.8) is 0 Å². The lowest BCUT2D eigenvalue weighted by Gasteiger charge is -2.20. The van der Waals surface area contributed by atoms with E-state index in [4.69, 9.17) is 15.2 Å². The van der Waals surface area contributed by atoms with Gasteiger partial charge in [-0.25, -0.2) is 0 Å². The van der Waals surface area contributed by atoms with Crippen molar-refractivity contribution in [2.24, 2.45) is 5.73 Å². The predicted octanol–water partition coefficient (Wildman–Crippen LogP) is 1.76. The van der Waals surface area contributed by atoms with Crippen LogP contribution < -0.4 is 20.5 Å². The fourth-order valence-corrected chi connectivity index (χ4v) is 2.30. The zero-order valence-corrected chi connectivity index (χ0v) is 12.0. The molecule has 0 aliphatic carbocycles. The number of benzene rings is 1. The highest BCUT2D eigenvalue weighted by atomic mass is 16.5. The number of amides is 1. The van der Waals surface area contributed by atoms with E-state index in [1.807, 2.05) is 19.1 Å². The Morgan fingerprint density at radius 1 is 1.40 bits per heavy atom. The SMILES string of the molecule is COc1ccc([C@@H](C)N)c(OC2CCCCNC2=O)c1. The van der Waals surface area contributed by atoms with Crippen molar-refractivity contribution in [1.82, 2.24) is 5.32 Å². The number of methoxy groups -OCH3 is 1. The Kier molecular flexibility index (Phi) is 4.84. The van der Waals surface area contributed by atoms with Crippen molar-refractivity contribution < 1.29 is 14.3 Å². The standard InChI is InChI=1S/C15H22N2O3/c1-10(16)12-7-6-11(19-2)9-14(12)20-13-5-3-4-8-17-15(13)18/h6-7,9-10,13H,3-5,8,16H2,1-2H3,(H,17,18)/t10-,13?/m1/s1. The summed E-state index contributed by atoms with van der Waals surface area (Å²) in [6.07, 6.45) is 2.23. The molecule has 1 aliphatic rings. The van der Waals surface area contributed by atoms with Gasteiger partial charge in [0.2, 0.25) is 0 Å². The van der Waals surface area contributed by atoms with Crippen LogP contribution in [0.15, 0.2) is 18.2 Å². The molecule has 0 aromatic heterocycles. The number of carbonyl (C=O) groups excluding carboxylic acids is 1. The Morgan fingerprint density at radius 2 is 2.20 bits per heavy atom. The fourth-order valence-electron chi connectivity index (χ4n) is 2.30. The van der Waals surface area contributed by atoms with Crippen LogP contribution in [0.1, 0.15) is 37.8 Å². The zero-order chi connectivity index (χ0) is 14.5. The summed E-state index contributed by atoms with van der Waals surface area (Å²) in [4.78, 5) is 12.0. The van der Waals surface area contributed by atoms with Crippen LogP contribution in [0.3, 0.4) is 0 Å². The van der Waals surface area contributed by atoms with Crippen molar-refractivity contribution in [1.29, 1.82) is 0 Å². The van der Waals surface area contributed by atoms with Gasteiger partial charge in [0.05, 0.1) is 7.11 Å². The van der Waals surface area contributed by atoms with Gasteiger partial charge >= 0.3 is 0 Å². The summed E-state index contributed by atoms with van der Waals surface area (Å²) >= 11 is 0. The average Bonchev–Trinajstić information content (AvgIpc) is 2.64. The summed E-state index contributed by atoms with van der Waals surface area (Å²) in [7, 11) is 1.60.